The van der Waals surface area contributed by atoms with Gasteiger partial charge in [-0.1, -0.05) is 18.2 Å². The molecule has 0 aromatic heterocycles. The molecular weight excluding hydrogens is 349 g/mol. The van der Waals surface area contributed by atoms with Crippen molar-refractivity contribution in [3.63, 3.8) is 0 Å². The van der Waals surface area contributed by atoms with Crippen molar-refractivity contribution in [3.8, 4) is 5.75 Å². The van der Waals surface area contributed by atoms with Crippen molar-refractivity contribution in [2.24, 2.45) is 0 Å². The van der Waals surface area contributed by atoms with E-state index in [-0.39, 0.29) is 18.6 Å². The fourth-order valence-electron chi connectivity index (χ4n) is 2.29. The van der Waals surface area contributed by atoms with Gasteiger partial charge >= 0.3 is 6.18 Å². The highest BCUT2D eigenvalue weighted by molar-refractivity contribution is 6.05. The van der Waals surface area contributed by atoms with E-state index in [1.165, 1.54) is 24.3 Å². The van der Waals surface area contributed by atoms with Gasteiger partial charge in [-0.2, -0.15) is 13.2 Å². The maximum absolute atomic E-state index is 12.2. The lowest BCUT2D eigenvalue weighted by molar-refractivity contribution is -0.118. The molecule has 0 bridgehead atoms. The monoisotopic (exact) mass is 362 g/mol. The number of fused-ring (bicyclic) bond motifs is 1. The van der Waals surface area contributed by atoms with Crippen LogP contribution in [0, 0.1) is 0 Å². The third-order valence-corrected chi connectivity index (χ3v) is 3.51. The molecule has 26 heavy (non-hydrogen) atoms. The first kappa shape index (κ1) is 17.5. The summed E-state index contributed by atoms with van der Waals surface area (Å²) in [6.07, 6.45) is -3.32. The molecule has 5 nitrogen and oxygen atoms in total. The maximum atomic E-state index is 12.2. The van der Waals surface area contributed by atoms with Crippen molar-refractivity contribution in [2.45, 2.75) is 6.18 Å². The molecule has 0 saturated heterocycles. The first-order valence-electron chi connectivity index (χ1n) is 7.54. The van der Waals surface area contributed by atoms with Crippen LogP contribution in [0.5, 0.6) is 5.75 Å². The van der Waals surface area contributed by atoms with Crippen molar-refractivity contribution in [3.05, 3.63) is 59.7 Å². The number of allylic oxidation sites excluding steroid dienone is 1. The van der Waals surface area contributed by atoms with Crippen LogP contribution >= 0.6 is 0 Å². The summed E-state index contributed by atoms with van der Waals surface area (Å²) in [5.74, 6) is -0.236. The van der Waals surface area contributed by atoms with E-state index in [2.05, 4.69) is 10.6 Å². The first-order valence-corrected chi connectivity index (χ1v) is 7.54. The topological polar surface area (TPSA) is 67.4 Å². The molecule has 2 aromatic rings. The number of anilines is 2. The average molecular weight is 362 g/mol. The fraction of sp³-hybridized carbons (Fsp3) is 0.111. The Balaban J connectivity index is 1.68. The Morgan fingerprint density at radius 3 is 2.58 bits per heavy atom. The zero-order valence-electron chi connectivity index (χ0n) is 13.3. The van der Waals surface area contributed by atoms with Gasteiger partial charge in [-0.15, -0.1) is 0 Å². The summed E-state index contributed by atoms with van der Waals surface area (Å²) in [6.45, 7) is -0.0999. The summed E-state index contributed by atoms with van der Waals surface area (Å²) in [5, 5.41) is 5.30. The molecule has 8 heteroatoms. The van der Waals surface area contributed by atoms with Gasteiger partial charge in [-0.3, -0.25) is 9.59 Å². The van der Waals surface area contributed by atoms with E-state index in [9.17, 15) is 22.8 Å². The quantitative estimate of drug-likeness (QED) is 0.872. The van der Waals surface area contributed by atoms with E-state index in [0.717, 1.165) is 6.08 Å². The number of alkyl halides is 3. The molecule has 0 unspecified atom stereocenters. The number of halogens is 3. The molecule has 0 atom stereocenters. The normalized spacial score (nSPS) is 13.7. The van der Waals surface area contributed by atoms with Gasteiger partial charge in [0.05, 0.1) is 5.69 Å². The second-order valence-corrected chi connectivity index (χ2v) is 5.50. The largest absolute Gasteiger partial charge is 0.482 e. The number of carbonyl (C=O) groups is 2. The van der Waals surface area contributed by atoms with Gasteiger partial charge in [0.25, 0.3) is 11.8 Å². The van der Waals surface area contributed by atoms with Gasteiger partial charge in [-0.25, -0.2) is 0 Å². The molecule has 0 spiro atoms. The standard InChI is InChI=1S/C18H13F3N2O3/c19-18(20,21)8-7-11-1-3-12(4-2-11)17(25)22-13-5-6-14-15(9-13)26-10-16(24)23-14/h1-9H,10H2,(H,22,25)(H,23,24)/b8-7+. The van der Waals surface area contributed by atoms with Crippen molar-refractivity contribution in [1.82, 2.24) is 0 Å². The number of hydrogen-bond acceptors (Lipinski definition) is 3. The van der Waals surface area contributed by atoms with Crippen LogP contribution in [-0.2, 0) is 4.79 Å². The molecular formula is C18H13F3N2O3. The Kier molecular flexibility index (Phi) is 4.66. The summed E-state index contributed by atoms with van der Waals surface area (Å²) in [4.78, 5) is 23.5. The molecule has 1 heterocycles. The van der Waals surface area contributed by atoms with Crippen LogP contribution in [0.15, 0.2) is 48.5 Å². The van der Waals surface area contributed by atoms with Crippen LogP contribution in [0.25, 0.3) is 6.08 Å². The molecule has 134 valence electrons. The molecule has 0 fully saturated rings. The van der Waals surface area contributed by atoms with Crippen molar-refractivity contribution < 1.29 is 27.5 Å². The lowest BCUT2D eigenvalue weighted by Crippen LogP contribution is -2.25. The second-order valence-electron chi connectivity index (χ2n) is 5.50. The van der Waals surface area contributed by atoms with Crippen LogP contribution in [0.3, 0.4) is 0 Å². The van der Waals surface area contributed by atoms with Crippen LogP contribution in [-0.4, -0.2) is 24.6 Å². The fourth-order valence-corrected chi connectivity index (χ4v) is 2.29. The molecule has 1 aliphatic rings. The molecule has 2 aromatic carbocycles. The molecule has 0 radical (unpaired) electrons. The number of benzene rings is 2. The Morgan fingerprint density at radius 2 is 1.88 bits per heavy atom. The number of carbonyl (C=O) groups excluding carboxylic acids is 2. The summed E-state index contributed by atoms with van der Waals surface area (Å²) >= 11 is 0. The molecule has 2 amide bonds. The van der Waals surface area contributed by atoms with Crippen LogP contribution < -0.4 is 15.4 Å². The predicted molar refractivity (Wildman–Crippen MR) is 90.1 cm³/mol. The summed E-state index contributed by atoms with van der Waals surface area (Å²) < 4.78 is 41.7. The highest BCUT2D eigenvalue weighted by Gasteiger charge is 2.21. The lowest BCUT2D eigenvalue weighted by Gasteiger charge is -2.18. The van der Waals surface area contributed by atoms with Crippen LogP contribution in [0.4, 0.5) is 24.5 Å². The summed E-state index contributed by atoms with van der Waals surface area (Å²) in [6, 6.07) is 10.5. The van der Waals surface area contributed by atoms with E-state index in [1.54, 1.807) is 18.2 Å². The Hall–Kier alpha value is -3.29. The van der Waals surface area contributed by atoms with E-state index < -0.39 is 12.1 Å². The lowest BCUT2D eigenvalue weighted by atomic mass is 10.1. The van der Waals surface area contributed by atoms with Crippen molar-refractivity contribution in [2.75, 3.05) is 17.2 Å². The molecule has 1 aliphatic heterocycles. The molecule has 0 aliphatic carbocycles. The van der Waals surface area contributed by atoms with Gasteiger partial charge in [0.15, 0.2) is 6.61 Å². The van der Waals surface area contributed by atoms with E-state index in [1.807, 2.05) is 0 Å². The van der Waals surface area contributed by atoms with Gasteiger partial charge < -0.3 is 15.4 Å². The van der Waals surface area contributed by atoms with Gasteiger partial charge in [0.1, 0.15) is 5.75 Å². The molecule has 2 N–H and O–H groups in total. The minimum atomic E-state index is -4.38. The Morgan fingerprint density at radius 1 is 1.15 bits per heavy atom. The SMILES string of the molecule is O=C1COc2cc(NC(=O)c3ccc(/C=C/C(F)(F)F)cc3)ccc2N1. The van der Waals surface area contributed by atoms with Gasteiger partial charge in [0, 0.05) is 23.4 Å². The summed E-state index contributed by atoms with van der Waals surface area (Å²) in [5.41, 5.74) is 1.60. The van der Waals surface area contributed by atoms with Gasteiger partial charge in [0.2, 0.25) is 0 Å². The predicted octanol–water partition coefficient (Wildman–Crippen LogP) is 3.85. The zero-order valence-corrected chi connectivity index (χ0v) is 13.3. The average Bonchev–Trinajstić information content (AvgIpc) is 2.60. The van der Waals surface area contributed by atoms with Gasteiger partial charge in [-0.05, 0) is 29.8 Å². The van der Waals surface area contributed by atoms with Crippen molar-refractivity contribution >= 4 is 29.3 Å². The van der Waals surface area contributed by atoms with E-state index in [4.69, 9.17) is 4.74 Å². The number of nitrogens with one attached hydrogen (secondary N) is 2. The number of amides is 2. The highest BCUT2D eigenvalue weighted by atomic mass is 19.4. The minimum absolute atomic E-state index is 0.0999. The highest BCUT2D eigenvalue weighted by Crippen LogP contribution is 2.30. The summed E-state index contributed by atoms with van der Waals surface area (Å²) in [7, 11) is 0. The first-order chi connectivity index (χ1) is 12.3. The second kappa shape index (κ2) is 6.91. The maximum Gasteiger partial charge on any atom is 0.409 e. The number of hydrogen-bond donors (Lipinski definition) is 2. The smallest absolute Gasteiger partial charge is 0.409 e. The Bertz CT molecular complexity index is 874. The zero-order chi connectivity index (χ0) is 18.7. The number of ether oxygens (including phenoxy) is 1. The van der Waals surface area contributed by atoms with Crippen molar-refractivity contribution in [1.29, 1.82) is 0 Å². The van der Waals surface area contributed by atoms with Crippen LogP contribution in [0.1, 0.15) is 15.9 Å². The molecule has 3 rings (SSSR count). The molecule has 0 saturated carbocycles. The van der Waals surface area contributed by atoms with E-state index >= 15 is 0 Å². The van der Waals surface area contributed by atoms with Crippen LogP contribution in [0.2, 0.25) is 0 Å². The minimum Gasteiger partial charge on any atom is -0.482 e. The number of rotatable bonds is 3. The Labute approximate surface area is 146 Å². The third-order valence-electron chi connectivity index (χ3n) is 3.51. The van der Waals surface area contributed by atoms with E-state index in [0.29, 0.717) is 28.3 Å². The third kappa shape index (κ3) is 4.41.